The number of aromatic nitrogens is 3. The van der Waals surface area contributed by atoms with Crippen molar-refractivity contribution in [3.8, 4) is 17.0 Å². The molecule has 3 aromatic rings. The van der Waals surface area contributed by atoms with Crippen molar-refractivity contribution in [1.29, 1.82) is 0 Å². The maximum absolute atomic E-state index is 12.5. The Balaban J connectivity index is 2.22. The lowest BCUT2D eigenvalue weighted by molar-refractivity contribution is -0.0493. The lowest BCUT2D eigenvalue weighted by Gasteiger charge is -2.09. The second-order valence-electron chi connectivity index (χ2n) is 3.78. The lowest BCUT2D eigenvalue weighted by atomic mass is 10.1. The van der Waals surface area contributed by atoms with Crippen LogP contribution in [0.1, 0.15) is 0 Å². The van der Waals surface area contributed by atoms with Gasteiger partial charge in [0.05, 0.1) is 10.4 Å². The molecule has 5 nitrogen and oxygen atoms in total. The normalized spacial score (nSPS) is 11.3. The van der Waals surface area contributed by atoms with E-state index in [1.54, 1.807) is 12.3 Å². The van der Waals surface area contributed by atoms with Gasteiger partial charge in [0.15, 0.2) is 0 Å². The summed E-state index contributed by atoms with van der Waals surface area (Å²) in [5, 5.41) is 7.28. The van der Waals surface area contributed by atoms with Gasteiger partial charge in [-0.05, 0) is 23.7 Å². The summed E-state index contributed by atoms with van der Waals surface area (Å²) < 4.78 is 34.3. The molecule has 8 heteroatoms. The first-order valence-corrected chi connectivity index (χ1v) is 6.05. The van der Waals surface area contributed by atoms with Crippen LogP contribution in [-0.2, 0) is 0 Å². The minimum absolute atomic E-state index is 0.0292. The highest BCUT2D eigenvalue weighted by molar-refractivity contribution is 7.13. The minimum Gasteiger partial charge on any atom is -0.434 e. The Morgan fingerprint density at radius 3 is 2.89 bits per heavy atom. The van der Waals surface area contributed by atoms with Crippen LogP contribution in [0.5, 0.6) is 5.75 Å². The zero-order chi connectivity index (χ0) is 13.4. The van der Waals surface area contributed by atoms with E-state index in [9.17, 15) is 8.78 Å². The van der Waals surface area contributed by atoms with Crippen molar-refractivity contribution in [2.24, 2.45) is 0 Å². The molecule has 0 radical (unpaired) electrons. The zero-order valence-electron chi connectivity index (χ0n) is 9.43. The maximum Gasteiger partial charge on any atom is 0.387 e. The summed E-state index contributed by atoms with van der Waals surface area (Å²) in [6.07, 6.45) is 3.08. The highest BCUT2D eigenvalue weighted by atomic mass is 32.1. The topological polar surface area (TPSA) is 76.8 Å². The van der Waals surface area contributed by atoms with Crippen molar-refractivity contribution in [3.05, 3.63) is 24.5 Å². The van der Waals surface area contributed by atoms with Crippen LogP contribution in [0.4, 0.5) is 14.5 Å². The number of halogens is 2. The fourth-order valence-electron chi connectivity index (χ4n) is 1.79. The van der Waals surface area contributed by atoms with Gasteiger partial charge in [0.2, 0.25) is 0 Å². The highest BCUT2D eigenvalue weighted by Crippen LogP contribution is 2.37. The third-order valence-electron chi connectivity index (χ3n) is 2.60. The zero-order valence-corrected chi connectivity index (χ0v) is 10.2. The van der Waals surface area contributed by atoms with Gasteiger partial charge in [-0.25, -0.2) is 0 Å². The summed E-state index contributed by atoms with van der Waals surface area (Å²) in [4.78, 5) is 0. The van der Waals surface area contributed by atoms with Crippen molar-refractivity contribution in [1.82, 2.24) is 14.6 Å². The van der Waals surface area contributed by atoms with Gasteiger partial charge in [-0.15, -0.1) is 0 Å². The molecule has 0 spiro atoms. The van der Waals surface area contributed by atoms with E-state index in [2.05, 4.69) is 19.3 Å². The number of nitrogen functional groups attached to an aromatic ring is 1. The van der Waals surface area contributed by atoms with Gasteiger partial charge < -0.3 is 10.5 Å². The third kappa shape index (κ3) is 2.10. The first-order chi connectivity index (χ1) is 9.15. The molecular weight excluding hydrogens is 274 g/mol. The van der Waals surface area contributed by atoms with Gasteiger partial charge in [0.1, 0.15) is 11.4 Å². The predicted octanol–water partition coefficient (Wildman–Crippen LogP) is 2.87. The van der Waals surface area contributed by atoms with Crippen LogP contribution < -0.4 is 10.5 Å². The summed E-state index contributed by atoms with van der Waals surface area (Å²) in [6, 6.07) is 3.20. The quantitative estimate of drug-likeness (QED) is 0.774. The van der Waals surface area contributed by atoms with E-state index in [1.165, 1.54) is 23.8 Å². The highest BCUT2D eigenvalue weighted by Gasteiger charge is 2.17. The molecule has 0 aliphatic carbocycles. The van der Waals surface area contributed by atoms with Gasteiger partial charge >= 0.3 is 6.61 Å². The number of alkyl halides is 2. The summed E-state index contributed by atoms with van der Waals surface area (Å²) >= 11 is 1.26. The van der Waals surface area contributed by atoms with Crippen molar-refractivity contribution in [2.75, 3.05) is 5.73 Å². The monoisotopic (exact) mass is 282 g/mol. The third-order valence-corrected chi connectivity index (χ3v) is 3.36. The second-order valence-corrected chi connectivity index (χ2v) is 4.61. The Bertz CT molecular complexity index is 724. The van der Waals surface area contributed by atoms with Crippen LogP contribution in [0.25, 0.3) is 21.3 Å². The van der Waals surface area contributed by atoms with Crippen LogP contribution in [0, 0.1) is 0 Å². The Labute approximate surface area is 110 Å². The SMILES string of the molecule is Nc1c[nH]nc1-c1cc2sncc2cc1OC(F)F. The molecule has 0 atom stereocenters. The molecule has 0 aliphatic rings. The van der Waals surface area contributed by atoms with E-state index in [0.717, 1.165) is 10.1 Å². The summed E-state index contributed by atoms with van der Waals surface area (Å²) in [5.74, 6) is 0.0292. The fourth-order valence-corrected chi connectivity index (χ4v) is 2.46. The average molecular weight is 282 g/mol. The molecule has 19 heavy (non-hydrogen) atoms. The number of aromatic amines is 1. The average Bonchev–Trinajstić information content (AvgIpc) is 2.95. The molecule has 98 valence electrons. The Morgan fingerprint density at radius 1 is 1.37 bits per heavy atom. The van der Waals surface area contributed by atoms with Crippen molar-refractivity contribution in [2.45, 2.75) is 6.61 Å². The molecule has 0 bridgehead atoms. The number of hydrogen-bond donors (Lipinski definition) is 2. The van der Waals surface area contributed by atoms with Crippen molar-refractivity contribution >= 4 is 27.3 Å². The van der Waals surface area contributed by atoms with Crippen LogP contribution in [-0.4, -0.2) is 21.2 Å². The van der Waals surface area contributed by atoms with Gasteiger partial charge in [0, 0.05) is 23.3 Å². The minimum atomic E-state index is -2.91. The number of hydrogen-bond acceptors (Lipinski definition) is 5. The molecule has 2 heterocycles. The largest absolute Gasteiger partial charge is 0.434 e. The molecular formula is C11H8F2N4OS. The van der Waals surface area contributed by atoms with E-state index in [4.69, 9.17) is 5.73 Å². The number of fused-ring (bicyclic) bond motifs is 1. The summed E-state index contributed by atoms with van der Waals surface area (Å²) in [7, 11) is 0. The lowest BCUT2D eigenvalue weighted by Crippen LogP contribution is -2.03. The molecule has 2 aromatic heterocycles. The van der Waals surface area contributed by atoms with Gasteiger partial charge in [-0.2, -0.15) is 18.3 Å². The van der Waals surface area contributed by atoms with Crippen LogP contribution >= 0.6 is 11.5 Å². The van der Waals surface area contributed by atoms with Gasteiger partial charge in [-0.1, -0.05) is 0 Å². The van der Waals surface area contributed by atoms with E-state index < -0.39 is 6.61 Å². The van der Waals surface area contributed by atoms with Crippen LogP contribution in [0.3, 0.4) is 0 Å². The smallest absolute Gasteiger partial charge is 0.387 e. The number of H-pyrrole nitrogens is 1. The number of rotatable bonds is 3. The number of benzene rings is 1. The van der Waals surface area contributed by atoms with E-state index >= 15 is 0 Å². The maximum atomic E-state index is 12.5. The first kappa shape index (κ1) is 11.8. The number of nitrogens with two attached hydrogens (primary N) is 1. The molecule has 0 unspecified atom stereocenters. The van der Waals surface area contributed by atoms with Crippen LogP contribution in [0.2, 0.25) is 0 Å². The summed E-state index contributed by atoms with van der Waals surface area (Å²) in [6.45, 7) is -2.91. The Kier molecular flexibility index (Phi) is 2.79. The Morgan fingerprint density at radius 2 is 2.21 bits per heavy atom. The molecule has 3 N–H and O–H groups in total. The molecule has 0 amide bonds. The molecule has 0 saturated carbocycles. The van der Waals surface area contributed by atoms with E-state index in [1.807, 2.05) is 0 Å². The molecule has 1 aromatic carbocycles. The van der Waals surface area contributed by atoms with Crippen LogP contribution in [0.15, 0.2) is 24.5 Å². The van der Waals surface area contributed by atoms with Crippen molar-refractivity contribution in [3.63, 3.8) is 0 Å². The number of anilines is 1. The van der Waals surface area contributed by atoms with Crippen molar-refractivity contribution < 1.29 is 13.5 Å². The fraction of sp³-hybridized carbons (Fsp3) is 0.0909. The second kappa shape index (κ2) is 4.47. The Hall–Kier alpha value is -2.22. The molecule has 0 fully saturated rings. The predicted molar refractivity (Wildman–Crippen MR) is 68.2 cm³/mol. The molecule has 0 aliphatic heterocycles. The van der Waals surface area contributed by atoms with Gasteiger partial charge in [0.25, 0.3) is 0 Å². The number of nitrogens with one attached hydrogen (secondary N) is 1. The number of ether oxygens (including phenoxy) is 1. The first-order valence-electron chi connectivity index (χ1n) is 5.28. The molecule has 0 saturated heterocycles. The van der Waals surface area contributed by atoms with E-state index in [-0.39, 0.29) is 5.75 Å². The van der Waals surface area contributed by atoms with Gasteiger partial charge in [-0.3, -0.25) is 5.10 Å². The standard InChI is InChI=1S/C11H8F2N4OS/c12-11(13)18-8-1-5-3-16-19-9(5)2-6(8)10-7(14)4-15-17-10/h1-4,11H,14H2,(H,15,17). The summed E-state index contributed by atoms with van der Waals surface area (Å²) in [5.41, 5.74) is 6.90. The number of nitrogens with zero attached hydrogens (tertiary/aromatic N) is 2. The van der Waals surface area contributed by atoms with E-state index in [0.29, 0.717) is 16.9 Å². The molecule has 3 rings (SSSR count).